The zero-order valence-electron chi connectivity index (χ0n) is 4.31. The van der Waals surface area contributed by atoms with Gasteiger partial charge in [-0.1, -0.05) is 39.2 Å². The number of rotatable bonds is 1. The summed E-state index contributed by atoms with van der Waals surface area (Å²) < 4.78 is 0. The van der Waals surface area contributed by atoms with Crippen LogP contribution in [-0.4, -0.2) is 0 Å². The van der Waals surface area contributed by atoms with Gasteiger partial charge in [-0.3, -0.25) is 0 Å². The molecule has 0 rings (SSSR count). The first-order valence-electron chi connectivity index (χ1n) is 2.15. The van der Waals surface area contributed by atoms with Gasteiger partial charge in [0, 0.05) is 0 Å². The third-order valence-corrected chi connectivity index (χ3v) is 0.496. The highest BCUT2D eigenvalue weighted by Crippen LogP contribution is 1.71. The average molecular weight is 114 g/mol. The van der Waals surface area contributed by atoms with Crippen LogP contribution < -0.4 is 0 Å². The fourth-order valence-corrected chi connectivity index (χ4v) is 0.222. The van der Waals surface area contributed by atoms with E-state index >= 15 is 0 Å². The van der Waals surface area contributed by atoms with Crippen molar-refractivity contribution in [3.63, 3.8) is 0 Å². The fourth-order valence-electron chi connectivity index (χ4n) is 0.222. The Balaban J connectivity index is -0.000000125. The normalized spacial score (nSPS) is 8.75. The molecule has 0 radical (unpaired) electrons. The summed E-state index contributed by atoms with van der Waals surface area (Å²) >= 11 is 0. The van der Waals surface area contributed by atoms with Crippen LogP contribution in [0.5, 0.6) is 0 Å². The molecule has 0 heterocycles. The van der Waals surface area contributed by atoms with E-state index in [1.54, 1.807) is 0 Å². The van der Waals surface area contributed by atoms with Crippen LogP contribution in [0.1, 0.15) is 28.7 Å². The van der Waals surface area contributed by atoms with Crippen molar-refractivity contribution in [3.05, 3.63) is 24.3 Å². The van der Waals surface area contributed by atoms with Gasteiger partial charge in [-0.05, 0) is 13.8 Å². The van der Waals surface area contributed by atoms with E-state index in [2.05, 4.69) is 0 Å². The van der Waals surface area contributed by atoms with Crippen molar-refractivity contribution in [2.24, 2.45) is 0 Å². The molecule has 0 saturated heterocycles. The number of allylic oxidation sites excluding steroid dienone is 4. The maximum Gasteiger partial charge on any atom is -0.0467 e. The SMILES string of the molecule is C.C.C/C=C\C=C/C. The van der Waals surface area contributed by atoms with E-state index in [-0.39, 0.29) is 14.9 Å². The standard InChI is InChI=1S/C6H10.2CH4/c1-3-5-6-4-2;;/h3-6H,1-2H3;2*1H4/b5-3-,6-4-;;. The van der Waals surface area contributed by atoms with E-state index in [9.17, 15) is 0 Å². The van der Waals surface area contributed by atoms with Crippen molar-refractivity contribution in [1.29, 1.82) is 0 Å². The fraction of sp³-hybridized carbons (Fsp3) is 0.500. The van der Waals surface area contributed by atoms with Crippen LogP contribution in [0.4, 0.5) is 0 Å². The molecule has 0 aromatic heterocycles. The van der Waals surface area contributed by atoms with E-state index in [1.807, 2.05) is 38.2 Å². The molecule has 50 valence electrons. The third kappa shape index (κ3) is 17.9. The Labute approximate surface area is 53.9 Å². The molecule has 0 spiro atoms. The second kappa shape index (κ2) is 16.1. The van der Waals surface area contributed by atoms with Crippen LogP contribution in [-0.2, 0) is 0 Å². The van der Waals surface area contributed by atoms with Gasteiger partial charge in [-0.2, -0.15) is 0 Å². The van der Waals surface area contributed by atoms with E-state index in [0.717, 1.165) is 0 Å². The molecule has 0 bridgehead atoms. The summed E-state index contributed by atoms with van der Waals surface area (Å²) in [6.07, 6.45) is 8.00. The van der Waals surface area contributed by atoms with Gasteiger partial charge in [0.15, 0.2) is 0 Å². The lowest BCUT2D eigenvalue weighted by molar-refractivity contribution is 1.69. The molecule has 0 aliphatic carbocycles. The molecular weight excluding hydrogens is 96.1 g/mol. The highest BCUT2D eigenvalue weighted by molar-refractivity contribution is 4.98. The van der Waals surface area contributed by atoms with Crippen LogP contribution >= 0.6 is 0 Å². The predicted octanol–water partition coefficient (Wildman–Crippen LogP) is 3.41. The highest BCUT2D eigenvalue weighted by atomic mass is 13.6. The average Bonchev–Trinajstić information content (AvgIpc) is 1.61. The lowest BCUT2D eigenvalue weighted by Gasteiger charge is -1.62. The second-order valence-electron chi connectivity index (χ2n) is 1.05. The third-order valence-electron chi connectivity index (χ3n) is 0.496. The Bertz CT molecular complexity index is 48.4. The Kier molecular flexibility index (Phi) is 31.4. The Hall–Kier alpha value is -0.520. The van der Waals surface area contributed by atoms with Crippen molar-refractivity contribution >= 4 is 0 Å². The lowest BCUT2D eigenvalue weighted by atomic mass is 10.5. The quantitative estimate of drug-likeness (QED) is 0.458. The van der Waals surface area contributed by atoms with Crippen molar-refractivity contribution in [2.45, 2.75) is 28.7 Å². The maximum atomic E-state index is 2.00. The summed E-state index contributed by atoms with van der Waals surface area (Å²) in [5, 5.41) is 0. The Morgan fingerprint density at radius 2 is 1.00 bits per heavy atom. The van der Waals surface area contributed by atoms with Gasteiger partial charge in [0.05, 0.1) is 0 Å². The van der Waals surface area contributed by atoms with Crippen molar-refractivity contribution in [3.8, 4) is 0 Å². The van der Waals surface area contributed by atoms with Crippen LogP contribution in [0.25, 0.3) is 0 Å². The minimum absolute atomic E-state index is 0. The molecule has 0 amide bonds. The summed E-state index contributed by atoms with van der Waals surface area (Å²) in [6.45, 7) is 4.00. The second-order valence-corrected chi connectivity index (χ2v) is 1.05. The molecule has 0 aliphatic rings. The molecule has 0 fully saturated rings. The van der Waals surface area contributed by atoms with E-state index in [0.29, 0.717) is 0 Å². The van der Waals surface area contributed by atoms with Crippen LogP contribution in [0, 0.1) is 0 Å². The summed E-state index contributed by atoms with van der Waals surface area (Å²) in [4.78, 5) is 0. The van der Waals surface area contributed by atoms with Crippen molar-refractivity contribution < 1.29 is 0 Å². The molecule has 0 unspecified atom stereocenters. The smallest absolute Gasteiger partial charge is 0.0467 e. The first-order chi connectivity index (χ1) is 2.91. The predicted molar refractivity (Wildman–Crippen MR) is 43.1 cm³/mol. The van der Waals surface area contributed by atoms with Crippen LogP contribution in [0.2, 0.25) is 0 Å². The summed E-state index contributed by atoms with van der Waals surface area (Å²) in [5.41, 5.74) is 0. The summed E-state index contributed by atoms with van der Waals surface area (Å²) in [6, 6.07) is 0. The molecule has 0 atom stereocenters. The largest absolute Gasteiger partial charge is 0.0877 e. The summed E-state index contributed by atoms with van der Waals surface area (Å²) in [7, 11) is 0. The van der Waals surface area contributed by atoms with Gasteiger partial charge in [-0.25, -0.2) is 0 Å². The van der Waals surface area contributed by atoms with E-state index in [1.165, 1.54) is 0 Å². The molecule has 0 N–H and O–H groups in total. The first kappa shape index (κ1) is 15.6. The van der Waals surface area contributed by atoms with Gasteiger partial charge in [-0.15, -0.1) is 0 Å². The monoisotopic (exact) mass is 114 g/mol. The van der Waals surface area contributed by atoms with Crippen LogP contribution in [0.15, 0.2) is 24.3 Å². The van der Waals surface area contributed by atoms with Crippen molar-refractivity contribution in [1.82, 2.24) is 0 Å². The minimum Gasteiger partial charge on any atom is -0.0877 e. The molecule has 0 aliphatic heterocycles. The first-order valence-corrected chi connectivity index (χ1v) is 2.15. The zero-order valence-corrected chi connectivity index (χ0v) is 4.31. The molecule has 0 aromatic carbocycles. The van der Waals surface area contributed by atoms with Gasteiger partial charge in [0.1, 0.15) is 0 Å². The zero-order chi connectivity index (χ0) is 4.83. The minimum atomic E-state index is 0. The topological polar surface area (TPSA) is 0 Å². The Morgan fingerprint density at radius 1 is 0.750 bits per heavy atom. The van der Waals surface area contributed by atoms with Gasteiger partial charge >= 0.3 is 0 Å². The van der Waals surface area contributed by atoms with Crippen LogP contribution in [0.3, 0.4) is 0 Å². The number of hydrogen-bond donors (Lipinski definition) is 0. The lowest BCUT2D eigenvalue weighted by Crippen LogP contribution is -1.40. The van der Waals surface area contributed by atoms with E-state index < -0.39 is 0 Å². The van der Waals surface area contributed by atoms with E-state index in [4.69, 9.17) is 0 Å². The van der Waals surface area contributed by atoms with Gasteiger partial charge < -0.3 is 0 Å². The molecule has 0 saturated carbocycles. The van der Waals surface area contributed by atoms with Crippen molar-refractivity contribution in [2.75, 3.05) is 0 Å². The highest BCUT2D eigenvalue weighted by Gasteiger charge is 1.48. The Morgan fingerprint density at radius 3 is 1.12 bits per heavy atom. The number of hydrogen-bond acceptors (Lipinski definition) is 0. The van der Waals surface area contributed by atoms with Gasteiger partial charge in [0.2, 0.25) is 0 Å². The summed E-state index contributed by atoms with van der Waals surface area (Å²) in [5.74, 6) is 0. The molecule has 0 nitrogen and oxygen atoms in total. The maximum absolute atomic E-state index is 2.00. The van der Waals surface area contributed by atoms with Gasteiger partial charge in [0.25, 0.3) is 0 Å². The molecule has 0 aromatic rings. The molecule has 0 heteroatoms. The molecular formula is C8H18. The molecule has 8 heavy (non-hydrogen) atoms.